The predicted octanol–water partition coefficient (Wildman–Crippen LogP) is 5.56. The maximum Gasteiger partial charge on any atom is 0.336 e. The highest BCUT2D eigenvalue weighted by Crippen LogP contribution is 2.25. The van der Waals surface area contributed by atoms with Crippen LogP contribution >= 0.6 is 0 Å². The molecule has 116 valence electrons. The van der Waals surface area contributed by atoms with E-state index in [1.807, 2.05) is 42.5 Å². The number of hydrogen-bond acceptors (Lipinski definition) is 1. The maximum atomic E-state index is 11.6. The highest BCUT2D eigenvalue weighted by molar-refractivity contribution is 5.96. The molecular weight excluding hydrogens is 272 g/mol. The first-order valence-corrected chi connectivity index (χ1v) is 8.14. The molecule has 2 nitrogen and oxygen atoms in total. The number of benzene rings is 2. The zero-order chi connectivity index (χ0) is 15.8. The molecule has 2 aromatic rings. The molecule has 0 amide bonds. The molecule has 0 fully saturated rings. The first-order chi connectivity index (χ1) is 10.7. The third kappa shape index (κ3) is 4.45. The van der Waals surface area contributed by atoms with Crippen LogP contribution in [-0.2, 0) is 6.42 Å². The minimum Gasteiger partial charge on any atom is -0.478 e. The van der Waals surface area contributed by atoms with E-state index in [0.717, 1.165) is 29.5 Å². The van der Waals surface area contributed by atoms with Crippen molar-refractivity contribution >= 4 is 5.97 Å². The number of rotatable bonds is 8. The molecule has 2 rings (SSSR count). The van der Waals surface area contributed by atoms with Gasteiger partial charge in [-0.2, -0.15) is 0 Å². The minimum absolute atomic E-state index is 0.400. The monoisotopic (exact) mass is 296 g/mol. The fourth-order valence-corrected chi connectivity index (χ4v) is 2.73. The Bertz CT molecular complexity index is 602. The molecule has 0 saturated heterocycles. The molecule has 0 bridgehead atoms. The van der Waals surface area contributed by atoms with Crippen LogP contribution in [0.1, 0.15) is 54.9 Å². The van der Waals surface area contributed by atoms with Crippen molar-refractivity contribution in [1.29, 1.82) is 0 Å². The Labute approximate surface area is 132 Å². The average Bonchev–Trinajstić information content (AvgIpc) is 2.55. The van der Waals surface area contributed by atoms with Crippen LogP contribution in [-0.4, -0.2) is 11.1 Å². The SMILES string of the molecule is CCCCCCCc1ccc(-c2ccccc2)c(C(=O)O)c1. The lowest BCUT2D eigenvalue weighted by molar-refractivity contribution is 0.0697. The van der Waals surface area contributed by atoms with Crippen LogP contribution in [0.4, 0.5) is 0 Å². The highest BCUT2D eigenvalue weighted by atomic mass is 16.4. The zero-order valence-corrected chi connectivity index (χ0v) is 13.2. The molecule has 0 heterocycles. The summed E-state index contributed by atoms with van der Waals surface area (Å²) in [6.07, 6.45) is 7.10. The van der Waals surface area contributed by atoms with Gasteiger partial charge in [0.15, 0.2) is 0 Å². The molecule has 0 atom stereocenters. The van der Waals surface area contributed by atoms with Crippen molar-refractivity contribution in [3.63, 3.8) is 0 Å². The van der Waals surface area contributed by atoms with Crippen LogP contribution in [0.15, 0.2) is 48.5 Å². The Kier molecular flexibility index (Phi) is 6.20. The minimum atomic E-state index is -0.855. The fourth-order valence-electron chi connectivity index (χ4n) is 2.73. The van der Waals surface area contributed by atoms with Gasteiger partial charge in [0.1, 0.15) is 0 Å². The number of aromatic carboxylic acids is 1. The van der Waals surface area contributed by atoms with Crippen LogP contribution < -0.4 is 0 Å². The van der Waals surface area contributed by atoms with E-state index in [-0.39, 0.29) is 0 Å². The highest BCUT2D eigenvalue weighted by Gasteiger charge is 2.12. The van der Waals surface area contributed by atoms with Gasteiger partial charge < -0.3 is 5.11 Å². The van der Waals surface area contributed by atoms with Gasteiger partial charge in [0.25, 0.3) is 0 Å². The third-order valence-electron chi connectivity index (χ3n) is 3.97. The molecule has 0 radical (unpaired) electrons. The maximum absolute atomic E-state index is 11.6. The van der Waals surface area contributed by atoms with Crippen molar-refractivity contribution in [3.05, 3.63) is 59.7 Å². The lowest BCUT2D eigenvalue weighted by Crippen LogP contribution is -2.01. The molecule has 0 aliphatic heterocycles. The van der Waals surface area contributed by atoms with E-state index in [4.69, 9.17) is 0 Å². The van der Waals surface area contributed by atoms with Gasteiger partial charge in [0.2, 0.25) is 0 Å². The summed E-state index contributed by atoms with van der Waals surface area (Å²) in [5.74, 6) is -0.855. The summed E-state index contributed by atoms with van der Waals surface area (Å²) in [5, 5.41) is 9.49. The second kappa shape index (κ2) is 8.38. The quantitative estimate of drug-likeness (QED) is 0.647. The van der Waals surface area contributed by atoms with Crippen molar-refractivity contribution < 1.29 is 9.90 Å². The molecule has 0 aliphatic carbocycles. The molecule has 1 N–H and O–H groups in total. The molecular formula is C20H24O2. The molecule has 0 aromatic heterocycles. The van der Waals surface area contributed by atoms with Crippen LogP contribution in [0.25, 0.3) is 11.1 Å². The Morgan fingerprint density at radius 3 is 2.36 bits per heavy atom. The topological polar surface area (TPSA) is 37.3 Å². The van der Waals surface area contributed by atoms with Crippen LogP contribution in [0.3, 0.4) is 0 Å². The Hall–Kier alpha value is -2.09. The van der Waals surface area contributed by atoms with Crippen molar-refractivity contribution in [3.8, 4) is 11.1 Å². The van der Waals surface area contributed by atoms with Gasteiger partial charge in [0.05, 0.1) is 5.56 Å². The van der Waals surface area contributed by atoms with Gasteiger partial charge in [0, 0.05) is 0 Å². The number of hydrogen-bond donors (Lipinski definition) is 1. The van der Waals surface area contributed by atoms with Gasteiger partial charge in [-0.25, -0.2) is 4.79 Å². The number of carbonyl (C=O) groups is 1. The Balaban J connectivity index is 2.12. The second-order valence-electron chi connectivity index (χ2n) is 5.72. The second-order valence-corrected chi connectivity index (χ2v) is 5.72. The molecule has 0 aliphatic rings. The molecule has 2 aromatic carbocycles. The first-order valence-electron chi connectivity index (χ1n) is 8.14. The van der Waals surface area contributed by atoms with Crippen LogP contribution in [0.5, 0.6) is 0 Å². The van der Waals surface area contributed by atoms with Crippen LogP contribution in [0, 0.1) is 0 Å². The van der Waals surface area contributed by atoms with Crippen molar-refractivity contribution in [1.82, 2.24) is 0 Å². The lowest BCUT2D eigenvalue weighted by atomic mass is 9.95. The summed E-state index contributed by atoms with van der Waals surface area (Å²) in [6, 6.07) is 15.6. The Morgan fingerprint density at radius 2 is 1.68 bits per heavy atom. The Morgan fingerprint density at radius 1 is 0.955 bits per heavy atom. The summed E-state index contributed by atoms with van der Waals surface area (Å²) < 4.78 is 0. The van der Waals surface area contributed by atoms with Crippen molar-refractivity contribution in [2.24, 2.45) is 0 Å². The van der Waals surface area contributed by atoms with E-state index in [2.05, 4.69) is 13.0 Å². The predicted molar refractivity (Wildman–Crippen MR) is 91.3 cm³/mol. The van der Waals surface area contributed by atoms with E-state index in [0.29, 0.717) is 5.56 Å². The fraction of sp³-hybridized carbons (Fsp3) is 0.350. The molecule has 0 unspecified atom stereocenters. The van der Waals surface area contributed by atoms with Gasteiger partial charge in [-0.05, 0) is 35.6 Å². The number of carboxylic acid groups (broad SMARTS) is 1. The first kappa shape index (κ1) is 16.3. The molecule has 22 heavy (non-hydrogen) atoms. The summed E-state index contributed by atoms with van der Waals surface area (Å²) in [5.41, 5.74) is 3.27. The van der Waals surface area contributed by atoms with E-state index in [1.165, 1.54) is 25.7 Å². The number of carboxylic acids is 1. The van der Waals surface area contributed by atoms with Gasteiger partial charge in [-0.1, -0.05) is 75.1 Å². The number of aryl methyl sites for hydroxylation is 1. The molecule has 0 saturated carbocycles. The normalized spacial score (nSPS) is 10.6. The van der Waals surface area contributed by atoms with Gasteiger partial charge >= 0.3 is 5.97 Å². The summed E-state index contributed by atoms with van der Waals surface area (Å²) >= 11 is 0. The zero-order valence-electron chi connectivity index (χ0n) is 13.2. The molecule has 2 heteroatoms. The smallest absolute Gasteiger partial charge is 0.336 e. The van der Waals surface area contributed by atoms with Crippen molar-refractivity contribution in [2.75, 3.05) is 0 Å². The average molecular weight is 296 g/mol. The summed E-state index contributed by atoms with van der Waals surface area (Å²) in [6.45, 7) is 2.21. The standard InChI is InChI=1S/C20H24O2/c1-2-3-4-5-7-10-16-13-14-18(19(15-16)20(21)22)17-11-8-6-9-12-17/h6,8-9,11-15H,2-5,7,10H2,1H3,(H,21,22). The van der Waals surface area contributed by atoms with Crippen molar-refractivity contribution in [2.45, 2.75) is 45.4 Å². The van der Waals surface area contributed by atoms with E-state index in [1.54, 1.807) is 0 Å². The van der Waals surface area contributed by atoms with Gasteiger partial charge in [-0.3, -0.25) is 0 Å². The summed E-state index contributed by atoms with van der Waals surface area (Å²) in [4.78, 5) is 11.6. The lowest BCUT2D eigenvalue weighted by Gasteiger charge is -2.09. The molecule has 0 spiro atoms. The summed E-state index contributed by atoms with van der Waals surface area (Å²) in [7, 11) is 0. The number of unbranched alkanes of at least 4 members (excludes halogenated alkanes) is 4. The van der Waals surface area contributed by atoms with E-state index in [9.17, 15) is 9.90 Å². The van der Waals surface area contributed by atoms with E-state index >= 15 is 0 Å². The third-order valence-corrected chi connectivity index (χ3v) is 3.97. The largest absolute Gasteiger partial charge is 0.478 e. The van der Waals surface area contributed by atoms with E-state index < -0.39 is 5.97 Å². The van der Waals surface area contributed by atoms with Crippen LogP contribution in [0.2, 0.25) is 0 Å². The van der Waals surface area contributed by atoms with Gasteiger partial charge in [-0.15, -0.1) is 0 Å².